The van der Waals surface area contributed by atoms with Crippen molar-refractivity contribution in [2.45, 2.75) is 20.3 Å². The van der Waals surface area contributed by atoms with E-state index in [4.69, 9.17) is 5.11 Å². The lowest BCUT2D eigenvalue weighted by Gasteiger charge is -2.34. The molecule has 1 aliphatic heterocycles. The molecule has 5 heteroatoms. The highest BCUT2D eigenvalue weighted by Crippen LogP contribution is 2.18. The van der Waals surface area contributed by atoms with E-state index in [1.807, 2.05) is 13.8 Å². The number of aliphatic carboxylic acids is 1. The van der Waals surface area contributed by atoms with Crippen LogP contribution in [0.4, 0.5) is 0 Å². The zero-order valence-electron chi connectivity index (χ0n) is 9.90. The number of hydrogen-bond donors (Lipinski definition) is 2. The largest absolute Gasteiger partial charge is 0.481 e. The molecule has 1 fully saturated rings. The van der Waals surface area contributed by atoms with E-state index in [2.05, 4.69) is 5.32 Å². The third-order valence-electron chi connectivity index (χ3n) is 3.20. The van der Waals surface area contributed by atoms with Crippen molar-refractivity contribution in [3.8, 4) is 0 Å². The van der Waals surface area contributed by atoms with Gasteiger partial charge in [-0.3, -0.25) is 9.59 Å². The van der Waals surface area contributed by atoms with Gasteiger partial charge in [-0.05, 0) is 25.9 Å². The predicted octanol–water partition coefficient (Wildman–Crippen LogP) is 0.165. The molecule has 0 radical (unpaired) electrons. The Labute approximate surface area is 95.8 Å². The van der Waals surface area contributed by atoms with Gasteiger partial charge in [0, 0.05) is 19.0 Å². The van der Waals surface area contributed by atoms with Crippen LogP contribution in [0.3, 0.4) is 0 Å². The van der Waals surface area contributed by atoms with Gasteiger partial charge in [0.2, 0.25) is 5.91 Å². The number of nitrogens with zero attached hydrogens (tertiary/aromatic N) is 1. The Balaban J connectivity index is 2.43. The van der Waals surface area contributed by atoms with Gasteiger partial charge < -0.3 is 15.3 Å². The fourth-order valence-electron chi connectivity index (χ4n) is 1.81. The second-order valence-electron chi connectivity index (χ2n) is 4.27. The second-order valence-corrected chi connectivity index (χ2v) is 4.27. The third kappa shape index (κ3) is 3.20. The van der Waals surface area contributed by atoms with Crippen molar-refractivity contribution in [2.24, 2.45) is 11.8 Å². The first-order chi connectivity index (χ1) is 7.56. The lowest BCUT2D eigenvalue weighted by atomic mass is 9.88. The highest BCUT2D eigenvalue weighted by atomic mass is 16.4. The lowest BCUT2D eigenvalue weighted by Crippen LogP contribution is -2.50. The van der Waals surface area contributed by atoms with E-state index < -0.39 is 5.97 Å². The molecule has 16 heavy (non-hydrogen) atoms. The summed E-state index contributed by atoms with van der Waals surface area (Å²) in [6.07, 6.45) is 0.0230. The maximum atomic E-state index is 12.0. The minimum Gasteiger partial charge on any atom is -0.481 e. The van der Waals surface area contributed by atoms with Crippen LogP contribution in [0.25, 0.3) is 0 Å². The third-order valence-corrected chi connectivity index (χ3v) is 3.20. The van der Waals surface area contributed by atoms with Crippen LogP contribution in [-0.2, 0) is 9.59 Å². The summed E-state index contributed by atoms with van der Waals surface area (Å²) in [5.74, 6) is -0.374. The Kier molecular flexibility index (Phi) is 4.73. The van der Waals surface area contributed by atoms with Crippen LogP contribution >= 0.6 is 0 Å². The van der Waals surface area contributed by atoms with E-state index in [1.165, 1.54) is 0 Å². The molecule has 0 saturated carbocycles. The number of carboxylic acid groups (broad SMARTS) is 1. The van der Waals surface area contributed by atoms with Crippen molar-refractivity contribution in [1.82, 2.24) is 10.2 Å². The maximum absolute atomic E-state index is 12.0. The summed E-state index contributed by atoms with van der Waals surface area (Å²) in [6.45, 7) is 6.49. The quantitative estimate of drug-likeness (QED) is 0.679. The molecule has 1 amide bonds. The van der Waals surface area contributed by atoms with Crippen molar-refractivity contribution in [3.05, 3.63) is 0 Å². The summed E-state index contributed by atoms with van der Waals surface area (Å²) in [4.78, 5) is 24.1. The SMILES string of the molecule is CCN(CCC(=O)O)C(=O)C(C)C1CNC1. The summed E-state index contributed by atoms with van der Waals surface area (Å²) < 4.78 is 0. The number of rotatable bonds is 6. The minimum atomic E-state index is -0.857. The topological polar surface area (TPSA) is 69.6 Å². The van der Waals surface area contributed by atoms with Crippen LogP contribution < -0.4 is 5.32 Å². The van der Waals surface area contributed by atoms with Gasteiger partial charge in [-0.2, -0.15) is 0 Å². The average Bonchev–Trinajstić information content (AvgIpc) is 2.15. The molecule has 0 aromatic heterocycles. The molecular weight excluding hydrogens is 208 g/mol. The summed E-state index contributed by atoms with van der Waals surface area (Å²) >= 11 is 0. The molecule has 1 atom stereocenters. The van der Waals surface area contributed by atoms with Crippen molar-refractivity contribution in [3.63, 3.8) is 0 Å². The average molecular weight is 228 g/mol. The first-order valence-electron chi connectivity index (χ1n) is 5.77. The number of carboxylic acids is 1. The van der Waals surface area contributed by atoms with E-state index >= 15 is 0 Å². The van der Waals surface area contributed by atoms with Crippen molar-refractivity contribution < 1.29 is 14.7 Å². The van der Waals surface area contributed by atoms with E-state index in [0.717, 1.165) is 13.1 Å². The Morgan fingerprint density at radius 2 is 2.12 bits per heavy atom. The number of hydrogen-bond acceptors (Lipinski definition) is 3. The molecule has 0 aromatic carbocycles. The van der Waals surface area contributed by atoms with E-state index in [1.54, 1.807) is 4.90 Å². The van der Waals surface area contributed by atoms with Crippen LogP contribution in [0.5, 0.6) is 0 Å². The number of carbonyl (C=O) groups is 2. The van der Waals surface area contributed by atoms with E-state index in [-0.39, 0.29) is 18.2 Å². The van der Waals surface area contributed by atoms with Gasteiger partial charge >= 0.3 is 5.97 Å². The van der Waals surface area contributed by atoms with Crippen LogP contribution in [0.1, 0.15) is 20.3 Å². The molecule has 1 unspecified atom stereocenters. The summed E-state index contributed by atoms with van der Waals surface area (Å²) in [5, 5.41) is 11.7. The van der Waals surface area contributed by atoms with Gasteiger partial charge in [-0.15, -0.1) is 0 Å². The van der Waals surface area contributed by atoms with Crippen molar-refractivity contribution >= 4 is 11.9 Å². The zero-order chi connectivity index (χ0) is 12.1. The Bertz CT molecular complexity index is 264. The van der Waals surface area contributed by atoms with Gasteiger partial charge in [0.15, 0.2) is 0 Å². The van der Waals surface area contributed by atoms with Gasteiger partial charge in [0.05, 0.1) is 6.42 Å². The molecule has 1 heterocycles. The Hall–Kier alpha value is -1.10. The number of amides is 1. The van der Waals surface area contributed by atoms with E-state index in [0.29, 0.717) is 19.0 Å². The monoisotopic (exact) mass is 228 g/mol. The van der Waals surface area contributed by atoms with Crippen LogP contribution in [0.15, 0.2) is 0 Å². The Morgan fingerprint density at radius 3 is 2.50 bits per heavy atom. The summed E-state index contributed by atoms with van der Waals surface area (Å²) in [7, 11) is 0. The molecule has 92 valence electrons. The standard InChI is InChI=1S/C11H20N2O3/c1-3-13(5-4-10(14)15)11(16)8(2)9-6-12-7-9/h8-9,12H,3-7H2,1-2H3,(H,14,15). The molecule has 1 rings (SSSR count). The molecule has 5 nitrogen and oxygen atoms in total. The van der Waals surface area contributed by atoms with Gasteiger partial charge in [0.25, 0.3) is 0 Å². The van der Waals surface area contributed by atoms with Crippen LogP contribution in [0, 0.1) is 11.8 Å². The minimum absolute atomic E-state index is 0.00463. The van der Waals surface area contributed by atoms with E-state index in [9.17, 15) is 9.59 Å². The van der Waals surface area contributed by atoms with Gasteiger partial charge in [-0.25, -0.2) is 0 Å². The van der Waals surface area contributed by atoms with Crippen molar-refractivity contribution in [1.29, 1.82) is 0 Å². The predicted molar refractivity (Wildman–Crippen MR) is 60.0 cm³/mol. The summed E-state index contributed by atoms with van der Waals surface area (Å²) in [6, 6.07) is 0. The molecule has 1 saturated heterocycles. The molecule has 2 N–H and O–H groups in total. The molecular formula is C11H20N2O3. The second kappa shape index (κ2) is 5.84. The maximum Gasteiger partial charge on any atom is 0.305 e. The van der Waals surface area contributed by atoms with Gasteiger partial charge in [0.1, 0.15) is 0 Å². The molecule has 0 bridgehead atoms. The number of nitrogens with one attached hydrogen (secondary N) is 1. The van der Waals surface area contributed by atoms with Gasteiger partial charge in [-0.1, -0.05) is 6.92 Å². The fraction of sp³-hybridized carbons (Fsp3) is 0.818. The molecule has 0 aromatic rings. The highest BCUT2D eigenvalue weighted by Gasteiger charge is 2.31. The van der Waals surface area contributed by atoms with Crippen molar-refractivity contribution in [2.75, 3.05) is 26.2 Å². The molecule has 0 aliphatic carbocycles. The molecule has 0 spiro atoms. The zero-order valence-corrected chi connectivity index (χ0v) is 9.90. The first-order valence-corrected chi connectivity index (χ1v) is 5.77. The Morgan fingerprint density at radius 1 is 1.50 bits per heavy atom. The molecule has 1 aliphatic rings. The lowest BCUT2D eigenvalue weighted by molar-refractivity contribution is -0.140. The van der Waals surface area contributed by atoms with Crippen LogP contribution in [0.2, 0.25) is 0 Å². The smallest absolute Gasteiger partial charge is 0.305 e. The fourth-order valence-corrected chi connectivity index (χ4v) is 1.81. The van der Waals surface area contributed by atoms with Crippen LogP contribution in [-0.4, -0.2) is 48.1 Å². The summed E-state index contributed by atoms with van der Waals surface area (Å²) in [5.41, 5.74) is 0. The normalized spacial score (nSPS) is 17.6. The number of carbonyl (C=O) groups excluding carboxylic acids is 1. The highest BCUT2D eigenvalue weighted by molar-refractivity contribution is 5.79. The first kappa shape index (κ1) is 13.0.